The molecule has 0 radical (unpaired) electrons. The van der Waals surface area contributed by atoms with Crippen LogP contribution < -0.4 is 5.73 Å². The summed E-state index contributed by atoms with van der Waals surface area (Å²) in [5.41, 5.74) is 5.60. The van der Waals surface area contributed by atoms with E-state index in [4.69, 9.17) is 10.8 Å². The molecular formula is C7H14NNaO2. The maximum absolute atomic E-state index is 10.4. The number of hydrogen-bond donors (Lipinski definition) is 2. The van der Waals surface area contributed by atoms with Crippen LogP contribution in [0.15, 0.2) is 0 Å². The van der Waals surface area contributed by atoms with Gasteiger partial charge in [-0.05, 0) is 25.7 Å². The van der Waals surface area contributed by atoms with E-state index < -0.39 is 5.97 Å². The molecule has 3 nitrogen and oxygen atoms in total. The molecule has 1 aliphatic carbocycles. The van der Waals surface area contributed by atoms with Crippen LogP contribution in [-0.2, 0) is 4.79 Å². The summed E-state index contributed by atoms with van der Waals surface area (Å²) >= 11 is 0. The molecule has 1 saturated carbocycles. The van der Waals surface area contributed by atoms with Crippen LogP contribution in [0.4, 0.5) is 0 Å². The maximum atomic E-state index is 10.4. The quantitative estimate of drug-likeness (QED) is 0.538. The standard InChI is InChI=1S/C7H13NO2.Na.H/c8-6-3-1-5(2-4-6)7(9)10;;/h5-6H,1-4,8H2,(H,9,10);;. The SMILES string of the molecule is NC1CCC(C(=O)O)CC1.[NaH]. The van der Waals surface area contributed by atoms with Crippen LogP contribution in [0.25, 0.3) is 0 Å². The Kier molecular flexibility index (Phi) is 5.34. The molecule has 0 bridgehead atoms. The first-order valence-corrected chi connectivity index (χ1v) is 3.68. The minimum absolute atomic E-state index is 0. The zero-order valence-electron chi connectivity index (χ0n) is 5.92. The van der Waals surface area contributed by atoms with Crippen molar-refractivity contribution in [1.29, 1.82) is 0 Å². The second-order valence-electron chi connectivity index (χ2n) is 2.95. The van der Waals surface area contributed by atoms with Crippen LogP contribution in [-0.4, -0.2) is 46.7 Å². The molecule has 0 spiro atoms. The van der Waals surface area contributed by atoms with Gasteiger partial charge in [0.2, 0.25) is 0 Å². The minimum atomic E-state index is -0.660. The number of rotatable bonds is 1. The van der Waals surface area contributed by atoms with Crippen molar-refractivity contribution in [2.24, 2.45) is 11.7 Å². The number of nitrogens with two attached hydrogens (primary N) is 1. The summed E-state index contributed by atoms with van der Waals surface area (Å²) in [7, 11) is 0. The molecule has 1 aliphatic rings. The second-order valence-corrected chi connectivity index (χ2v) is 2.95. The molecule has 0 aliphatic heterocycles. The normalized spacial score (nSPS) is 30.6. The number of aliphatic carboxylic acids is 1. The van der Waals surface area contributed by atoms with Gasteiger partial charge in [0.1, 0.15) is 0 Å². The molecule has 1 rings (SSSR count). The third-order valence-electron chi connectivity index (χ3n) is 2.12. The van der Waals surface area contributed by atoms with Crippen LogP contribution in [0.3, 0.4) is 0 Å². The molecular weight excluding hydrogens is 153 g/mol. The van der Waals surface area contributed by atoms with E-state index in [1.807, 2.05) is 0 Å². The molecule has 1 fully saturated rings. The molecule has 0 aromatic rings. The van der Waals surface area contributed by atoms with Crippen molar-refractivity contribution < 1.29 is 9.90 Å². The van der Waals surface area contributed by atoms with E-state index in [1.165, 1.54) is 0 Å². The van der Waals surface area contributed by atoms with E-state index >= 15 is 0 Å². The fraction of sp³-hybridized carbons (Fsp3) is 0.857. The van der Waals surface area contributed by atoms with Gasteiger partial charge in [0.15, 0.2) is 0 Å². The fourth-order valence-electron chi connectivity index (χ4n) is 1.37. The fourth-order valence-corrected chi connectivity index (χ4v) is 1.37. The van der Waals surface area contributed by atoms with Crippen molar-refractivity contribution in [3.8, 4) is 0 Å². The molecule has 4 heteroatoms. The molecule has 0 aromatic carbocycles. The van der Waals surface area contributed by atoms with Crippen molar-refractivity contribution in [1.82, 2.24) is 0 Å². The predicted octanol–water partition coefficient (Wildman–Crippen LogP) is -0.0600. The molecule has 0 amide bonds. The molecule has 60 valence electrons. The molecule has 3 N–H and O–H groups in total. The number of carbonyl (C=O) groups is 1. The zero-order chi connectivity index (χ0) is 7.56. The molecule has 11 heavy (non-hydrogen) atoms. The van der Waals surface area contributed by atoms with Gasteiger partial charge in [-0.25, -0.2) is 0 Å². The van der Waals surface area contributed by atoms with E-state index in [9.17, 15) is 4.79 Å². The van der Waals surface area contributed by atoms with Crippen molar-refractivity contribution in [2.45, 2.75) is 31.7 Å². The first-order chi connectivity index (χ1) is 4.70. The Balaban J connectivity index is 0.000001000. The van der Waals surface area contributed by atoms with Gasteiger partial charge in [0.25, 0.3) is 0 Å². The van der Waals surface area contributed by atoms with Gasteiger partial charge in [-0.15, -0.1) is 0 Å². The average Bonchev–Trinajstić information content (AvgIpc) is 1.88. The van der Waals surface area contributed by atoms with E-state index in [0.717, 1.165) is 25.7 Å². The van der Waals surface area contributed by atoms with Gasteiger partial charge in [0, 0.05) is 6.04 Å². The van der Waals surface area contributed by atoms with Crippen LogP contribution >= 0.6 is 0 Å². The summed E-state index contributed by atoms with van der Waals surface area (Å²) in [4.78, 5) is 10.4. The number of carboxylic acid groups (broad SMARTS) is 1. The van der Waals surface area contributed by atoms with Gasteiger partial charge in [-0.1, -0.05) is 0 Å². The Morgan fingerprint density at radius 3 is 2.09 bits per heavy atom. The summed E-state index contributed by atoms with van der Waals surface area (Å²) in [6.45, 7) is 0. The third-order valence-corrected chi connectivity index (χ3v) is 2.12. The monoisotopic (exact) mass is 167 g/mol. The number of hydrogen-bond acceptors (Lipinski definition) is 2. The summed E-state index contributed by atoms with van der Waals surface area (Å²) in [6.07, 6.45) is 3.26. The van der Waals surface area contributed by atoms with Crippen molar-refractivity contribution in [2.75, 3.05) is 0 Å². The van der Waals surface area contributed by atoms with E-state index in [2.05, 4.69) is 0 Å². The molecule has 0 saturated heterocycles. The van der Waals surface area contributed by atoms with Gasteiger partial charge in [0.05, 0.1) is 5.92 Å². The Bertz CT molecular complexity index is 132. The van der Waals surface area contributed by atoms with Gasteiger partial charge in [-0.2, -0.15) is 0 Å². The predicted molar refractivity (Wildman–Crippen MR) is 44.7 cm³/mol. The average molecular weight is 167 g/mol. The molecule has 0 atom stereocenters. The Labute approximate surface area is 88.6 Å². The van der Waals surface area contributed by atoms with Crippen molar-refractivity contribution in [3.63, 3.8) is 0 Å². The van der Waals surface area contributed by atoms with Crippen LogP contribution in [0.1, 0.15) is 25.7 Å². The molecule has 0 unspecified atom stereocenters. The van der Waals surface area contributed by atoms with Gasteiger partial charge < -0.3 is 10.8 Å². The topological polar surface area (TPSA) is 63.3 Å². The summed E-state index contributed by atoms with van der Waals surface area (Å²) in [6, 6.07) is 0.246. The molecule has 0 aromatic heterocycles. The van der Waals surface area contributed by atoms with Crippen LogP contribution in [0, 0.1) is 5.92 Å². The first kappa shape index (κ1) is 11.4. The Morgan fingerprint density at radius 2 is 1.73 bits per heavy atom. The van der Waals surface area contributed by atoms with E-state index in [0.29, 0.717) is 0 Å². The van der Waals surface area contributed by atoms with E-state index in [1.54, 1.807) is 0 Å². The molecule has 0 heterocycles. The summed E-state index contributed by atoms with van der Waals surface area (Å²) in [5, 5.41) is 8.58. The van der Waals surface area contributed by atoms with Gasteiger partial charge >= 0.3 is 35.5 Å². The van der Waals surface area contributed by atoms with Crippen LogP contribution in [0.2, 0.25) is 0 Å². The van der Waals surface area contributed by atoms with Crippen molar-refractivity contribution in [3.05, 3.63) is 0 Å². The van der Waals surface area contributed by atoms with Gasteiger partial charge in [-0.3, -0.25) is 4.79 Å². The summed E-state index contributed by atoms with van der Waals surface area (Å²) < 4.78 is 0. The zero-order valence-corrected chi connectivity index (χ0v) is 5.92. The Morgan fingerprint density at radius 1 is 1.27 bits per heavy atom. The first-order valence-electron chi connectivity index (χ1n) is 3.68. The Hall–Kier alpha value is 0.430. The van der Waals surface area contributed by atoms with Crippen molar-refractivity contribution >= 4 is 35.5 Å². The number of carboxylic acids is 1. The summed E-state index contributed by atoms with van der Waals surface area (Å²) in [5.74, 6) is -0.785. The van der Waals surface area contributed by atoms with Crippen LogP contribution in [0.5, 0.6) is 0 Å². The third kappa shape index (κ3) is 3.56. The second kappa shape index (κ2) is 5.14. The van der Waals surface area contributed by atoms with E-state index in [-0.39, 0.29) is 41.5 Å².